The Balaban J connectivity index is 1.57. The number of aromatic nitrogens is 3. The molecule has 7 heteroatoms. The van der Waals surface area contributed by atoms with Crippen LogP contribution in [0.25, 0.3) is 0 Å². The Morgan fingerprint density at radius 3 is 2.35 bits per heavy atom. The lowest BCUT2D eigenvalue weighted by Gasteiger charge is -2.08. The molecule has 0 aliphatic carbocycles. The molecule has 0 radical (unpaired) electrons. The fourth-order valence-electron chi connectivity index (χ4n) is 3.74. The Morgan fingerprint density at radius 1 is 0.971 bits per heavy atom. The van der Waals surface area contributed by atoms with E-state index in [1.165, 1.54) is 5.56 Å². The number of rotatable bonds is 13. The molecule has 0 saturated heterocycles. The van der Waals surface area contributed by atoms with Crippen molar-refractivity contribution < 1.29 is 14.3 Å². The molecule has 0 aliphatic rings. The summed E-state index contributed by atoms with van der Waals surface area (Å²) in [6, 6.07) is 16.1. The summed E-state index contributed by atoms with van der Waals surface area (Å²) < 4.78 is 14.0. The number of ether oxygens (including phenoxy) is 2. The molecule has 0 amide bonds. The first-order chi connectivity index (χ1) is 16.5. The molecule has 3 aromatic rings. The van der Waals surface area contributed by atoms with Gasteiger partial charge in [0.15, 0.2) is 0 Å². The molecule has 7 nitrogen and oxygen atoms in total. The fraction of sp³-hybridized carbons (Fsp3) is 0.444. The van der Waals surface area contributed by atoms with E-state index in [0.717, 1.165) is 35.5 Å². The molecule has 0 aliphatic heterocycles. The van der Waals surface area contributed by atoms with Crippen molar-refractivity contribution in [2.24, 2.45) is 0 Å². The molecule has 0 N–H and O–H groups in total. The molecule has 0 fully saturated rings. The smallest absolute Gasteiger partial charge is 0.346 e. The van der Waals surface area contributed by atoms with E-state index < -0.39 is 0 Å². The number of carbonyl (C=O) groups is 1. The van der Waals surface area contributed by atoms with Crippen molar-refractivity contribution in [3.05, 3.63) is 81.5 Å². The zero-order valence-electron chi connectivity index (χ0n) is 20.5. The van der Waals surface area contributed by atoms with E-state index in [9.17, 15) is 9.59 Å². The van der Waals surface area contributed by atoms with Gasteiger partial charge in [-0.15, -0.1) is 0 Å². The third kappa shape index (κ3) is 7.33. The second-order valence-electron chi connectivity index (χ2n) is 8.39. The standard InChI is InChI=1S/C27H35N3O4/c1-4-18-29-25(28-30(27(29)32)20-23-10-8-21(3)9-11-23)17-14-22-12-15-24(16-13-22)34-19-6-7-26(31)33-5-2/h8-13,15-16H,4-7,14,17-20H2,1-3H3. The summed E-state index contributed by atoms with van der Waals surface area (Å²) in [6.45, 7) is 7.94. The van der Waals surface area contributed by atoms with Gasteiger partial charge in [0.2, 0.25) is 0 Å². The van der Waals surface area contributed by atoms with Gasteiger partial charge in [0, 0.05) is 19.4 Å². The van der Waals surface area contributed by atoms with Crippen LogP contribution < -0.4 is 10.4 Å². The van der Waals surface area contributed by atoms with Gasteiger partial charge < -0.3 is 9.47 Å². The number of hydrogen-bond donors (Lipinski definition) is 0. The van der Waals surface area contributed by atoms with Crippen molar-refractivity contribution in [3.8, 4) is 5.75 Å². The van der Waals surface area contributed by atoms with Gasteiger partial charge in [-0.25, -0.2) is 9.48 Å². The van der Waals surface area contributed by atoms with Gasteiger partial charge in [0.25, 0.3) is 0 Å². The second kappa shape index (κ2) is 12.8. The van der Waals surface area contributed by atoms with Crippen molar-refractivity contribution >= 4 is 5.97 Å². The molecule has 0 saturated carbocycles. The van der Waals surface area contributed by atoms with E-state index in [-0.39, 0.29) is 11.7 Å². The number of aryl methyl sites for hydroxylation is 3. The topological polar surface area (TPSA) is 75.3 Å². The molecule has 0 bridgehead atoms. The van der Waals surface area contributed by atoms with Gasteiger partial charge in [-0.2, -0.15) is 5.10 Å². The van der Waals surface area contributed by atoms with Crippen molar-refractivity contribution in [1.29, 1.82) is 0 Å². The minimum Gasteiger partial charge on any atom is -0.494 e. The Morgan fingerprint density at radius 2 is 1.68 bits per heavy atom. The highest BCUT2D eigenvalue weighted by Gasteiger charge is 2.13. The number of carbonyl (C=O) groups excluding carboxylic acids is 1. The number of nitrogens with zero attached hydrogens (tertiary/aromatic N) is 3. The highest BCUT2D eigenvalue weighted by Crippen LogP contribution is 2.15. The molecular weight excluding hydrogens is 430 g/mol. The third-order valence-corrected chi connectivity index (χ3v) is 5.56. The first kappa shape index (κ1) is 25.3. The molecule has 3 rings (SSSR count). The molecule has 0 unspecified atom stereocenters. The fourth-order valence-corrected chi connectivity index (χ4v) is 3.74. The Kier molecular flexibility index (Phi) is 9.50. The summed E-state index contributed by atoms with van der Waals surface area (Å²) in [5.74, 6) is 1.40. The molecular formula is C27H35N3O4. The molecule has 1 aromatic heterocycles. The lowest BCUT2D eigenvalue weighted by molar-refractivity contribution is -0.143. The van der Waals surface area contributed by atoms with E-state index in [4.69, 9.17) is 9.47 Å². The largest absolute Gasteiger partial charge is 0.494 e. The van der Waals surface area contributed by atoms with Crippen LogP contribution in [-0.4, -0.2) is 33.5 Å². The van der Waals surface area contributed by atoms with Crippen molar-refractivity contribution in [2.75, 3.05) is 13.2 Å². The number of hydrogen-bond acceptors (Lipinski definition) is 5. The zero-order chi connectivity index (χ0) is 24.3. The van der Waals surface area contributed by atoms with Crippen LogP contribution in [0.4, 0.5) is 0 Å². The Labute approximate surface area is 201 Å². The lowest BCUT2D eigenvalue weighted by atomic mass is 10.1. The second-order valence-corrected chi connectivity index (χ2v) is 8.39. The van der Waals surface area contributed by atoms with Gasteiger partial charge >= 0.3 is 11.7 Å². The maximum absolute atomic E-state index is 12.9. The monoisotopic (exact) mass is 465 g/mol. The molecule has 34 heavy (non-hydrogen) atoms. The maximum atomic E-state index is 12.9. The van der Waals surface area contributed by atoms with Gasteiger partial charge in [-0.3, -0.25) is 9.36 Å². The minimum absolute atomic E-state index is 0.0519. The van der Waals surface area contributed by atoms with Crippen LogP contribution in [0.2, 0.25) is 0 Å². The van der Waals surface area contributed by atoms with Crippen molar-refractivity contribution in [3.63, 3.8) is 0 Å². The summed E-state index contributed by atoms with van der Waals surface area (Å²) in [4.78, 5) is 24.3. The number of benzene rings is 2. The first-order valence-corrected chi connectivity index (χ1v) is 12.1. The van der Waals surface area contributed by atoms with Gasteiger partial charge in [0.1, 0.15) is 11.6 Å². The van der Waals surface area contributed by atoms with Crippen LogP contribution >= 0.6 is 0 Å². The third-order valence-electron chi connectivity index (χ3n) is 5.56. The minimum atomic E-state index is -0.190. The highest BCUT2D eigenvalue weighted by atomic mass is 16.5. The van der Waals surface area contributed by atoms with Crippen LogP contribution in [-0.2, 0) is 35.5 Å². The van der Waals surface area contributed by atoms with Crippen molar-refractivity contribution in [2.45, 2.75) is 66.0 Å². The average Bonchev–Trinajstić information content (AvgIpc) is 3.12. The highest BCUT2D eigenvalue weighted by molar-refractivity contribution is 5.69. The Hall–Kier alpha value is -3.35. The predicted molar refractivity (Wildman–Crippen MR) is 132 cm³/mol. The van der Waals surface area contributed by atoms with Gasteiger partial charge in [-0.1, -0.05) is 48.9 Å². The van der Waals surface area contributed by atoms with Gasteiger partial charge in [-0.05, 0) is 56.4 Å². The lowest BCUT2D eigenvalue weighted by Crippen LogP contribution is -2.26. The average molecular weight is 466 g/mol. The normalized spacial score (nSPS) is 10.9. The molecule has 0 atom stereocenters. The van der Waals surface area contributed by atoms with E-state index in [0.29, 0.717) is 45.6 Å². The molecule has 182 valence electrons. The van der Waals surface area contributed by atoms with E-state index in [2.05, 4.69) is 31.1 Å². The predicted octanol–water partition coefficient (Wildman–Crippen LogP) is 4.32. The van der Waals surface area contributed by atoms with Crippen LogP contribution in [0, 0.1) is 6.92 Å². The maximum Gasteiger partial charge on any atom is 0.346 e. The van der Waals surface area contributed by atoms with E-state index in [1.807, 2.05) is 36.4 Å². The van der Waals surface area contributed by atoms with E-state index >= 15 is 0 Å². The summed E-state index contributed by atoms with van der Waals surface area (Å²) >= 11 is 0. The zero-order valence-corrected chi connectivity index (χ0v) is 20.5. The summed E-state index contributed by atoms with van der Waals surface area (Å²) in [5, 5.41) is 4.66. The quantitative estimate of drug-likeness (QED) is 0.278. The number of esters is 1. The molecule has 1 heterocycles. The molecule has 0 spiro atoms. The van der Waals surface area contributed by atoms with Crippen molar-refractivity contribution in [1.82, 2.24) is 14.3 Å². The molecule has 2 aromatic carbocycles. The summed E-state index contributed by atoms with van der Waals surface area (Å²) in [5.41, 5.74) is 3.37. The van der Waals surface area contributed by atoms with Crippen LogP contribution in [0.1, 0.15) is 55.6 Å². The summed E-state index contributed by atoms with van der Waals surface area (Å²) in [6.07, 6.45) is 3.35. The van der Waals surface area contributed by atoms with Gasteiger partial charge in [0.05, 0.1) is 19.8 Å². The Bertz CT molecular complexity index is 1100. The van der Waals surface area contributed by atoms with Crippen LogP contribution in [0.3, 0.4) is 0 Å². The van der Waals surface area contributed by atoms with Crippen LogP contribution in [0.15, 0.2) is 53.3 Å². The SMILES string of the molecule is CCCn1c(CCc2ccc(OCCCC(=O)OCC)cc2)nn(Cc2ccc(C)cc2)c1=O. The van der Waals surface area contributed by atoms with Crippen LogP contribution in [0.5, 0.6) is 5.75 Å². The van der Waals surface area contributed by atoms with E-state index in [1.54, 1.807) is 16.2 Å². The summed E-state index contributed by atoms with van der Waals surface area (Å²) in [7, 11) is 0. The first-order valence-electron chi connectivity index (χ1n) is 12.1.